The maximum Gasteiger partial charge on any atom is 0.233 e. The van der Waals surface area contributed by atoms with Gasteiger partial charge < -0.3 is 14.8 Å². The van der Waals surface area contributed by atoms with Crippen LogP contribution in [0.15, 0.2) is 53.6 Å². The molecule has 0 fully saturated rings. The second-order valence-corrected chi connectivity index (χ2v) is 7.82. The average Bonchev–Trinajstić information content (AvgIpc) is 3.14. The van der Waals surface area contributed by atoms with Crippen molar-refractivity contribution in [3.63, 3.8) is 0 Å². The van der Waals surface area contributed by atoms with Gasteiger partial charge in [0.2, 0.25) is 12.7 Å². The SMILES string of the molecule is Cc1cc(SC(C)C(=O)NCc2ccc3c(c2)OCO3)nc2ccccc12. The first-order valence-electron chi connectivity index (χ1n) is 8.79. The van der Waals surface area contributed by atoms with Gasteiger partial charge in [0.15, 0.2) is 11.5 Å². The number of nitrogens with zero attached hydrogens (tertiary/aromatic N) is 1. The van der Waals surface area contributed by atoms with E-state index < -0.39 is 0 Å². The van der Waals surface area contributed by atoms with Gasteiger partial charge in [0.1, 0.15) is 0 Å². The molecule has 1 N–H and O–H groups in total. The van der Waals surface area contributed by atoms with Crippen molar-refractivity contribution >= 4 is 28.6 Å². The number of carbonyl (C=O) groups is 1. The summed E-state index contributed by atoms with van der Waals surface area (Å²) in [7, 11) is 0. The summed E-state index contributed by atoms with van der Waals surface area (Å²) in [4.78, 5) is 17.2. The van der Waals surface area contributed by atoms with Gasteiger partial charge in [-0.05, 0) is 49.2 Å². The van der Waals surface area contributed by atoms with Gasteiger partial charge >= 0.3 is 0 Å². The summed E-state index contributed by atoms with van der Waals surface area (Å²) in [5, 5.41) is 4.73. The summed E-state index contributed by atoms with van der Waals surface area (Å²) in [5.74, 6) is 1.44. The quantitative estimate of drug-likeness (QED) is 0.676. The number of fused-ring (bicyclic) bond motifs is 2. The fourth-order valence-electron chi connectivity index (χ4n) is 3.00. The first-order chi connectivity index (χ1) is 13.1. The molecule has 1 aliphatic rings. The highest BCUT2D eigenvalue weighted by Crippen LogP contribution is 2.32. The van der Waals surface area contributed by atoms with E-state index in [-0.39, 0.29) is 18.0 Å². The van der Waals surface area contributed by atoms with E-state index >= 15 is 0 Å². The van der Waals surface area contributed by atoms with Crippen molar-refractivity contribution in [3.8, 4) is 11.5 Å². The molecule has 0 bridgehead atoms. The molecule has 2 aromatic carbocycles. The van der Waals surface area contributed by atoms with Gasteiger partial charge in [0, 0.05) is 11.9 Å². The lowest BCUT2D eigenvalue weighted by atomic mass is 10.1. The number of aryl methyl sites for hydroxylation is 1. The Balaban J connectivity index is 1.39. The van der Waals surface area contributed by atoms with E-state index in [0.717, 1.165) is 38.6 Å². The van der Waals surface area contributed by atoms with E-state index in [1.54, 1.807) is 0 Å². The average molecular weight is 380 g/mol. The number of hydrogen-bond acceptors (Lipinski definition) is 5. The van der Waals surface area contributed by atoms with Gasteiger partial charge in [-0.2, -0.15) is 0 Å². The van der Waals surface area contributed by atoms with E-state index in [1.165, 1.54) is 11.8 Å². The lowest BCUT2D eigenvalue weighted by Crippen LogP contribution is -2.30. The molecule has 6 heteroatoms. The Morgan fingerprint density at radius 3 is 2.89 bits per heavy atom. The fourth-order valence-corrected chi connectivity index (χ4v) is 3.95. The minimum Gasteiger partial charge on any atom is -0.454 e. The number of para-hydroxylation sites is 1. The number of aromatic nitrogens is 1. The van der Waals surface area contributed by atoms with E-state index in [4.69, 9.17) is 9.47 Å². The second-order valence-electron chi connectivity index (χ2n) is 6.46. The Kier molecular flexibility index (Phi) is 4.90. The summed E-state index contributed by atoms with van der Waals surface area (Å²) < 4.78 is 10.7. The number of nitrogens with one attached hydrogen (secondary N) is 1. The zero-order valence-electron chi connectivity index (χ0n) is 15.2. The molecule has 0 radical (unpaired) electrons. The van der Waals surface area contributed by atoms with Crippen LogP contribution in [-0.4, -0.2) is 22.9 Å². The number of pyridine rings is 1. The van der Waals surface area contributed by atoms with Gasteiger partial charge in [-0.15, -0.1) is 0 Å². The van der Waals surface area contributed by atoms with Gasteiger partial charge in [-0.3, -0.25) is 4.79 Å². The Morgan fingerprint density at radius 1 is 1.19 bits per heavy atom. The maximum absolute atomic E-state index is 12.5. The summed E-state index contributed by atoms with van der Waals surface area (Å²) in [6.45, 7) is 4.66. The van der Waals surface area contributed by atoms with Crippen LogP contribution < -0.4 is 14.8 Å². The number of thioether (sulfide) groups is 1. The summed E-state index contributed by atoms with van der Waals surface area (Å²) in [6, 6.07) is 15.8. The molecule has 1 atom stereocenters. The lowest BCUT2D eigenvalue weighted by molar-refractivity contribution is -0.120. The largest absolute Gasteiger partial charge is 0.454 e. The molecule has 1 unspecified atom stereocenters. The van der Waals surface area contributed by atoms with Crippen molar-refractivity contribution in [1.29, 1.82) is 0 Å². The summed E-state index contributed by atoms with van der Waals surface area (Å²) in [5.41, 5.74) is 3.09. The van der Waals surface area contributed by atoms with Crippen molar-refractivity contribution in [3.05, 3.63) is 59.7 Å². The Bertz CT molecular complexity index is 1010. The molecule has 1 amide bonds. The Hall–Kier alpha value is -2.73. The summed E-state index contributed by atoms with van der Waals surface area (Å²) >= 11 is 1.47. The molecule has 2 heterocycles. The van der Waals surface area contributed by atoms with Crippen molar-refractivity contribution in [2.75, 3.05) is 6.79 Å². The lowest BCUT2D eigenvalue weighted by Gasteiger charge is -2.13. The van der Waals surface area contributed by atoms with E-state index in [2.05, 4.69) is 23.3 Å². The first kappa shape index (κ1) is 17.7. The molecule has 0 saturated heterocycles. The molecule has 1 aliphatic heterocycles. The van der Waals surface area contributed by atoms with Gasteiger partial charge in [0.05, 0.1) is 15.8 Å². The molecule has 1 aromatic heterocycles. The van der Waals surface area contributed by atoms with Gasteiger partial charge in [-0.25, -0.2) is 4.98 Å². The molecular formula is C21H20N2O3S. The number of amides is 1. The zero-order valence-corrected chi connectivity index (χ0v) is 16.0. The maximum atomic E-state index is 12.5. The highest BCUT2D eigenvalue weighted by Gasteiger charge is 2.17. The predicted octanol–water partition coefficient (Wildman–Crippen LogP) is 4.07. The monoisotopic (exact) mass is 380 g/mol. The standard InChI is InChI=1S/C21H20N2O3S/c1-13-9-20(23-17-6-4-3-5-16(13)17)27-14(2)21(24)22-11-15-7-8-18-19(10-15)26-12-25-18/h3-10,14H,11-12H2,1-2H3,(H,22,24). The van der Waals surface area contributed by atoms with Crippen LogP contribution in [0.5, 0.6) is 11.5 Å². The molecule has 5 nitrogen and oxygen atoms in total. The number of ether oxygens (including phenoxy) is 2. The number of benzene rings is 2. The Morgan fingerprint density at radius 2 is 2.00 bits per heavy atom. The van der Waals surface area contributed by atoms with Gasteiger partial charge in [0.25, 0.3) is 0 Å². The third-order valence-electron chi connectivity index (χ3n) is 4.47. The third-order valence-corrected chi connectivity index (χ3v) is 5.49. The normalized spacial score (nSPS) is 13.6. The number of hydrogen-bond donors (Lipinski definition) is 1. The molecular weight excluding hydrogens is 360 g/mol. The van der Waals surface area contributed by atoms with Gasteiger partial charge in [-0.1, -0.05) is 36.0 Å². The number of rotatable bonds is 5. The van der Waals surface area contributed by atoms with Crippen LogP contribution in [0.25, 0.3) is 10.9 Å². The predicted molar refractivity (Wildman–Crippen MR) is 106 cm³/mol. The first-order valence-corrected chi connectivity index (χ1v) is 9.67. The van der Waals surface area contributed by atoms with Crippen molar-refractivity contribution in [1.82, 2.24) is 10.3 Å². The van der Waals surface area contributed by atoms with Crippen LogP contribution in [-0.2, 0) is 11.3 Å². The highest BCUT2D eigenvalue weighted by molar-refractivity contribution is 8.00. The van der Waals surface area contributed by atoms with E-state index in [1.807, 2.05) is 49.4 Å². The van der Waals surface area contributed by atoms with Crippen molar-refractivity contribution < 1.29 is 14.3 Å². The minimum atomic E-state index is -0.243. The van der Waals surface area contributed by atoms with Crippen molar-refractivity contribution in [2.24, 2.45) is 0 Å². The molecule has 0 aliphatic carbocycles. The van der Waals surface area contributed by atoms with Crippen molar-refractivity contribution in [2.45, 2.75) is 30.7 Å². The fraction of sp³-hybridized carbons (Fsp3) is 0.238. The molecule has 4 rings (SSSR count). The molecule has 0 saturated carbocycles. The molecule has 138 valence electrons. The minimum absolute atomic E-state index is 0.0229. The van der Waals surface area contributed by atoms with E-state index in [9.17, 15) is 4.79 Å². The highest BCUT2D eigenvalue weighted by atomic mass is 32.2. The van der Waals surface area contributed by atoms with Crippen LogP contribution >= 0.6 is 11.8 Å². The smallest absolute Gasteiger partial charge is 0.233 e. The second kappa shape index (κ2) is 7.48. The van der Waals surface area contributed by atoms with Crippen LogP contribution in [0.1, 0.15) is 18.1 Å². The van der Waals surface area contributed by atoms with Crippen LogP contribution in [0, 0.1) is 6.92 Å². The topological polar surface area (TPSA) is 60.5 Å². The zero-order chi connectivity index (χ0) is 18.8. The number of carbonyl (C=O) groups excluding carboxylic acids is 1. The molecule has 0 spiro atoms. The van der Waals surface area contributed by atoms with Crippen LogP contribution in [0.4, 0.5) is 0 Å². The third kappa shape index (κ3) is 3.85. The van der Waals surface area contributed by atoms with Crippen LogP contribution in [0.3, 0.4) is 0 Å². The molecule has 27 heavy (non-hydrogen) atoms. The Labute approximate surface area is 162 Å². The molecule has 3 aromatic rings. The summed E-state index contributed by atoms with van der Waals surface area (Å²) in [6.07, 6.45) is 0. The van der Waals surface area contributed by atoms with E-state index in [0.29, 0.717) is 6.54 Å². The van der Waals surface area contributed by atoms with Crippen LogP contribution in [0.2, 0.25) is 0 Å².